The molecule has 2 aliphatic heterocycles. The lowest BCUT2D eigenvalue weighted by Gasteiger charge is -2.28. The van der Waals surface area contributed by atoms with Gasteiger partial charge in [-0.1, -0.05) is 126 Å². The minimum Gasteiger partial charge on any atom is -0.454 e. The summed E-state index contributed by atoms with van der Waals surface area (Å²) in [7, 11) is 0. The van der Waals surface area contributed by atoms with Gasteiger partial charge in [0.15, 0.2) is 6.10 Å². The zero-order valence-electron chi connectivity index (χ0n) is 30.5. The second-order valence-electron chi connectivity index (χ2n) is 15.5. The first-order chi connectivity index (χ1) is 24.6. The molecule has 6 rings (SSSR count). The summed E-state index contributed by atoms with van der Waals surface area (Å²) >= 11 is 0. The maximum Gasteiger partial charge on any atom is 0.331 e. The van der Waals surface area contributed by atoms with Crippen LogP contribution in [0, 0.1) is 23.7 Å². The summed E-state index contributed by atoms with van der Waals surface area (Å²) in [5.74, 6) is 3.13. The molecule has 0 bridgehead atoms. The second kappa shape index (κ2) is 19.2. The van der Waals surface area contributed by atoms with Gasteiger partial charge < -0.3 is 14.2 Å². The van der Waals surface area contributed by atoms with Gasteiger partial charge in [-0.3, -0.25) is 0 Å². The molecule has 0 amide bonds. The Morgan fingerprint density at radius 2 is 1.14 bits per heavy atom. The van der Waals surface area contributed by atoms with Crippen molar-refractivity contribution in [2.24, 2.45) is 23.7 Å². The van der Waals surface area contributed by atoms with Crippen molar-refractivity contribution in [3.05, 3.63) is 82.9 Å². The average Bonchev–Trinajstić information content (AvgIpc) is 3.73. The summed E-state index contributed by atoms with van der Waals surface area (Å²) in [5.41, 5.74) is 4.95. The van der Waals surface area contributed by atoms with Crippen molar-refractivity contribution in [2.75, 3.05) is 19.8 Å². The fraction of sp³-hybridized carbons (Fsp3) is 0.614. The van der Waals surface area contributed by atoms with Crippen molar-refractivity contribution >= 4 is 18.1 Å². The fourth-order valence-corrected chi connectivity index (χ4v) is 8.78. The highest BCUT2D eigenvalue weighted by molar-refractivity contribution is 5.87. The lowest BCUT2D eigenvalue weighted by atomic mass is 9.78. The molecule has 272 valence electrons. The summed E-state index contributed by atoms with van der Waals surface area (Å²) in [6.07, 6.45) is 24.6. The molecule has 2 aromatic rings. The molecule has 0 aromatic heterocycles. The van der Waals surface area contributed by atoms with Gasteiger partial charge in [0, 0.05) is 6.08 Å². The Morgan fingerprint density at radius 1 is 0.660 bits per heavy atom. The second-order valence-corrected chi connectivity index (χ2v) is 15.5. The van der Waals surface area contributed by atoms with E-state index in [1.807, 2.05) is 12.2 Å². The van der Waals surface area contributed by atoms with E-state index in [9.17, 15) is 4.79 Å². The standard InChI is InChI=1S/C44H60O6/c1-3-6-32-9-17-36(18-10-32)28-38-21-13-34(14-22-38)8-5-27-48-50-41-31-47-43-40(30-46-44(41)43)49-42(45)26-25-35-15-23-39(24-16-35)29-37-19-11-33(7-4-2)12-20-37/h5,8,13-16,21-26,32-33,36-37,40-41,43-44H,3-4,6-7,9-12,17-20,27-31H2,1-2H3/b8-5+,26-25+/t32?,33?,36?,37?,40?,41-,43+,44+/m0/s1. The molecule has 4 fully saturated rings. The molecule has 0 spiro atoms. The largest absolute Gasteiger partial charge is 0.454 e. The van der Waals surface area contributed by atoms with Gasteiger partial charge in [-0.25, -0.2) is 14.6 Å². The lowest BCUT2D eigenvalue weighted by Crippen LogP contribution is -2.34. The van der Waals surface area contributed by atoms with E-state index in [-0.39, 0.29) is 24.9 Å². The fourth-order valence-electron chi connectivity index (χ4n) is 8.78. The molecule has 4 aliphatic rings. The first-order valence-corrected chi connectivity index (χ1v) is 19.8. The molecule has 6 heteroatoms. The number of esters is 1. The number of ether oxygens (including phenoxy) is 3. The molecular formula is C44H60O6. The highest BCUT2D eigenvalue weighted by atomic mass is 17.2. The van der Waals surface area contributed by atoms with Crippen molar-refractivity contribution < 1.29 is 28.8 Å². The maximum absolute atomic E-state index is 12.7. The number of rotatable bonds is 16. The van der Waals surface area contributed by atoms with Crippen LogP contribution in [0.1, 0.15) is 113 Å². The van der Waals surface area contributed by atoms with E-state index in [4.69, 9.17) is 24.0 Å². The topological polar surface area (TPSA) is 63.2 Å². The smallest absolute Gasteiger partial charge is 0.331 e. The van der Waals surface area contributed by atoms with E-state index < -0.39 is 12.1 Å². The van der Waals surface area contributed by atoms with Crippen LogP contribution in [0.4, 0.5) is 0 Å². The molecule has 1 unspecified atom stereocenters. The van der Waals surface area contributed by atoms with Crippen molar-refractivity contribution in [1.29, 1.82) is 0 Å². The van der Waals surface area contributed by atoms with Crippen LogP contribution in [0.15, 0.2) is 60.7 Å². The number of benzene rings is 2. The molecule has 2 aliphatic carbocycles. The van der Waals surface area contributed by atoms with E-state index in [1.165, 1.54) is 101 Å². The van der Waals surface area contributed by atoms with Gasteiger partial charge in [0.2, 0.25) is 0 Å². The van der Waals surface area contributed by atoms with E-state index >= 15 is 0 Å². The minimum absolute atomic E-state index is 0.278. The van der Waals surface area contributed by atoms with E-state index in [1.54, 1.807) is 0 Å². The zero-order valence-corrected chi connectivity index (χ0v) is 30.5. The van der Waals surface area contributed by atoms with Crippen LogP contribution in [0.25, 0.3) is 12.2 Å². The molecule has 4 atom stereocenters. The van der Waals surface area contributed by atoms with Gasteiger partial charge in [0.25, 0.3) is 0 Å². The summed E-state index contributed by atoms with van der Waals surface area (Å²) < 4.78 is 17.6. The molecule has 0 radical (unpaired) electrons. The normalized spacial score (nSPS) is 29.9. The summed E-state index contributed by atoms with van der Waals surface area (Å²) in [5, 5.41) is 0. The van der Waals surface area contributed by atoms with E-state index in [2.05, 4.69) is 68.5 Å². The first-order valence-electron chi connectivity index (χ1n) is 19.8. The molecule has 2 aromatic carbocycles. The van der Waals surface area contributed by atoms with Crippen molar-refractivity contribution in [1.82, 2.24) is 0 Å². The minimum atomic E-state index is -0.473. The van der Waals surface area contributed by atoms with Gasteiger partial charge in [0.05, 0.1) is 13.2 Å². The van der Waals surface area contributed by atoms with E-state index in [0.717, 1.165) is 41.2 Å². The molecule has 0 N–H and O–H groups in total. The predicted octanol–water partition coefficient (Wildman–Crippen LogP) is 9.74. The van der Waals surface area contributed by atoms with Crippen LogP contribution >= 0.6 is 0 Å². The summed E-state index contributed by atoms with van der Waals surface area (Å²) in [6, 6.07) is 17.5. The molecule has 2 saturated heterocycles. The third kappa shape index (κ3) is 10.9. The molecular weight excluding hydrogens is 624 g/mol. The molecule has 6 nitrogen and oxygen atoms in total. The molecule has 50 heavy (non-hydrogen) atoms. The van der Waals surface area contributed by atoms with Gasteiger partial charge in [-0.05, 0) is 90.5 Å². The Labute approximate surface area is 300 Å². The first kappa shape index (κ1) is 37.0. The average molecular weight is 685 g/mol. The predicted molar refractivity (Wildman–Crippen MR) is 199 cm³/mol. The Balaban J connectivity index is 0.855. The van der Waals surface area contributed by atoms with E-state index in [0.29, 0.717) is 13.2 Å². The zero-order chi connectivity index (χ0) is 34.5. The van der Waals surface area contributed by atoms with Gasteiger partial charge >= 0.3 is 5.97 Å². The number of carbonyl (C=O) groups is 1. The summed E-state index contributed by atoms with van der Waals surface area (Å²) in [6.45, 7) is 5.53. The maximum atomic E-state index is 12.7. The van der Waals surface area contributed by atoms with Gasteiger partial charge in [-0.2, -0.15) is 0 Å². The molecule has 2 saturated carbocycles. The number of fused-ring (bicyclic) bond motifs is 1. The third-order valence-corrected chi connectivity index (χ3v) is 11.6. The number of hydrogen-bond donors (Lipinski definition) is 0. The van der Waals surface area contributed by atoms with Crippen LogP contribution in [-0.4, -0.2) is 50.2 Å². The summed E-state index contributed by atoms with van der Waals surface area (Å²) in [4.78, 5) is 23.8. The van der Waals surface area contributed by atoms with Crippen LogP contribution in [0.2, 0.25) is 0 Å². The third-order valence-electron chi connectivity index (χ3n) is 11.6. The van der Waals surface area contributed by atoms with Crippen LogP contribution < -0.4 is 0 Å². The quantitative estimate of drug-likeness (QED) is 0.0577. The van der Waals surface area contributed by atoms with Crippen LogP contribution in [-0.2, 0) is 41.6 Å². The Morgan fingerprint density at radius 3 is 1.68 bits per heavy atom. The van der Waals surface area contributed by atoms with Crippen molar-refractivity contribution in [3.63, 3.8) is 0 Å². The number of hydrogen-bond acceptors (Lipinski definition) is 6. The van der Waals surface area contributed by atoms with Crippen molar-refractivity contribution in [2.45, 2.75) is 128 Å². The monoisotopic (exact) mass is 684 g/mol. The number of carbonyl (C=O) groups excluding carboxylic acids is 1. The van der Waals surface area contributed by atoms with Crippen molar-refractivity contribution in [3.8, 4) is 0 Å². The Hall–Kier alpha value is -2.77. The highest BCUT2D eigenvalue weighted by Crippen LogP contribution is 2.35. The lowest BCUT2D eigenvalue weighted by molar-refractivity contribution is -0.326. The molecule has 2 heterocycles. The van der Waals surface area contributed by atoms with Crippen LogP contribution in [0.5, 0.6) is 0 Å². The Kier molecular flexibility index (Phi) is 14.2. The Bertz CT molecular complexity index is 1350. The SMILES string of the molecule is CCCC1CCC(Cc2ccc(/C=C/COO[C@H]3CO[C@@H]4C(OC(=O)/C=C/c5ccc(CC6CCC(CCC)CC6)cc5)CO[C@H]34)cc2)CC1. The highest BCUT2D eigenvalue weighted by Gasteiger charge is 2.50. The van der Waals surface area contributed by atoms with Gasteiger partial charge in [0.1, 0.15) is 24.9 Å². The van der Waals surface area contributed by atoms with Gasteiger partial charge in [-0.15, -0.1) is 0 Å². The van der Waals surface area contributed by atoms with Crippen LogP contribution in [0.3, 0.4) is 0 Å².